The average molecular weight is 377 g/mol. The van der Waals surface area contributed by atoms with Crippen molar-refractivity contribution in [2.75, 3.05) is 11.9 Å². The molecule has 7 heteroatoms. The van der Waals surface area contributed by atoms with E-state index in [9.17, 15) is 14.4 Å². The Balaban J connectivity index is 1.80. The van der Waals surface area contributed by atoms with Gasteiger partial charge in [0.05, 0.1) is 26.9 Å². The summed E-state index contributed by atoms with van der Waals surface area (Å²) in [6.07, 6.45) is 0. The molecule has 1 aliphatic heterocycles. The highest BCUT2D eigenvalue weighted by molar-refractivity contribution is 6.37. The van der Waals surface area contributed by atoms with Gasteiger partial charge in [-0.05, 0) is 43.2 Å². The van der Waals surface area contributed by atoms with Crippen LogP contribution in [0, 0.1) is 13.8 Å². The van der Waals surface area contributed by atoms with Crippen molar-refractivity contribution in [2.24, 2.45) is 0 Å². The Morgan fingerprint density at radius 1 is 1.08 bits per heavy atom. The third-order valence-electron chi connectivity index (χ3n) is 3.95. The summed E-state index contributed by atoms with van der Waals surface area (Å²) >= 11 is 12.2. The number of imide groups is 1. The van der Waals surface area contributed by atoms with Crippen LogP contribution in [0.4, 0.5) is 5.69 Å². The molecule has 0 atom stereocenters. The van der Waals surface area contributed by atoms with E-state index in [1.165, 1.54) is 12.1 Å². The molecule has 1 heterocycles. The lowest BCUT2D eigenvalue weighted by Gasteiger charge is -2.16. The third-order valence-corrected chi connectivity index (χ3v) is 4.56. The zero-order valence-corrected chi connectivity index (χ0v) is 15.0. The Morgan fingerprint density at radius 3 is 2.44 bits per heavy atom. The van der Waals surface area contributed by atoms with Crippen molar-refractivity contribution < 1.29 is 14.4 Å². The van der Waals surface area contributed by atoms with Gasteiger partial charge >= 0.3 is 0 Å². The fraction of sp³-hybridized carbons (Fsp3) is 0.167. The Hall–Kier alpha value is -2.37. The van der Waals surface area contributed by atoms with Crippen LogP contribution in [0.5, 0.6) is 0 Å². The smallest absolute Gasteiger partial charge is 0.263 e. The molecular weight excluding hydrogens is 363 g/mol. The summed E-state index contributed by atoms with van der Waals surface area (Å²) in [6.45, 7) is 3.30. The summed E-state index contributed by atoms with van der Waals surface area (Å²) < 4.78 is 0. The predicted molar refractivity (Wildman–Crippen MR) is 96.4 cm³/mol. The zero-order valence-electron chi connectivity index (χ0n) is 13.5. The molecule has 2 aromatic carbocycles. The number of anilines is 1. The number of benzene rings is 2. The average Bonchev–Trinajstić information content (AvgIpc) is 2.77. The Labute approximate surface area is 154 Å². The van der Waals surface area contributed by atoms with E-state index in [2.05, 4.69) is 5.32 Å². The fourth-order valence-corrected chi connectivity index (χ4v) is 3.46. The second kappa shape index (κ2) is 6.50. The maximum Gasteiger partial charge on any atom is 0.263 e. The summed E-state index contributed by atoms with van der Waals surface area (Å²) in [4.78, 5) is 38.0. The van der Waals surface area contributed by atoms with Crippen LogP contribution in [0.15, 0.2) is 30.3 Å². The molecule has 3 rings (SSSR count). The predicted octanol–water partition coefficient (Wildman–Crippen LogP) is 3.84. The Bertz CT molecular complexity index is 902. The van der Waals surface area contributed by atoms with Gasteiger partial charge in [-0.15, -0.1) is 0 Å². The van der Waals surface area contributed by atoms with Gasteiger partial charge in [0.2, 0.25) is 5.91 Å². The van der Waals surface area contributed by atoms with Crippen LogP contribution in [0.25, 0.3) is 0 Å². The van der Waals surface area contributed by atoms with Crippen molar-refractivity contribution in [1.82, 2.24) is 4.90 Å². The van der Waals surface area contributed by atoms with Crippen molar-refractivity contribution in [3.05, 3.63) is 62.6 Å². The molecule has 5 nitrogen and oxygen atoms in total. The number of halogens is 2. The summed E-state index contributed by atoms with van der Waals surface area (Å²) in [5.74, 6) is -1.63. The number of carbonyl (C=O) groups is 3. The maximum atomic E-state index is 12.4. The van der Waals surface area contributed by atoms with E-state index in [1.807, 2.05) is 19.9 Å². The minimum Gasteiger partial charge on any atom is -0.323 e. The first-order valence-corrected chi connectivity index (χ1v) is 8.26. The number of rotatable bonds is 3. The SMILES string of the molecule is Cc1cc(C)c(NC(=O)CN2C(=O)c3cccc(Cl)c3C2=O)c(Cl)c1. The minimum atomic E-state index is -0.576. The molecule has 128 valence electrons. The molecule has 0 fully saturated rings. The van der Waals surface area contributed by atoms with Crippen LogP contribution in [0.2, 0.25) is 10.0 Å². The van der Waals surface area contributed by atoms with Gasteiger partial charge in [0.15, 0.2) is 0 Å². The van der Waals surface area contributed by atoms with Crippen molar-refractivity contribution >= 4 is 46.6 Å². The number of nitrogens with zero attached hydrogens (tertiary/aromatic N) is 1. The number of nitrogens with one attached hydrogen (secondary N) is 1. The summed E-state index contributed by atoms with van der Waals surface area (Å²) in [5.41, 5.74) is 2.56. The van der Waals surface area contributed by atoms with Gasteiger partial charge in [-0.25, -0.2) is 0 Å². The first kappa shape index (κ1) is 17.5. The molecule has 0 spiro atoms. The molecule has 0 aliphatic carbocycles. The highest BCUT2D eigenvalue weighted by atomic mass is 35.5. The number of amides is 3. The number of aryl methyl sites for hydroxylation is 2. The highest BCUT2D eigenvalue weighted by Crippen LogP contribution is 2.30. The maximum absolute atomic E-state index is 12.4. The van der Waals surface area contributed by atoms with E-state index in [-0.39, 0.29) is 16.1 Å². The summed E-state index contributed by atoms with van der Waals surface area (Å²) in [6, 6.07) is 8.24. The molecule has 0 saturated heterocycles. The van der Waals surface area contributed by atoms with Crippen molar-refractivity contribution in [3.63, 3.8) is 0 Å². The van der Waals surface area contributed by atoms with Gasteiger partial charge in [-0.2, -0.15) is 0 Å². The Morgan fingerprint density at radius 2 is 1.80 bits per heavy atom. The van der Waals surface area contributed by atoms with Crippen molar-refractivity contribution in [3.8, 4) is 0 Å². The van der Waals surface area contributed by atoms with Crippen molar-refractivity contribution in [2.45, 2.75) is 13.8 Å². The molecule has 0 bridgehead atoms. The Kier molecular flexibility index (Phi) is 4.54. The molecule has 0 unspecified atom stereocenters. The monoisotopic (exact) mass is 376 g/mol. The minimum absolute atomic E-state index is 0.131. The second-order valence-corrected chi connectivity index (χ2v) is 6.66. The standard InChI is InChI=1S/C18H14Cl2N2O3/c1-9-6-10(2)16(13(20)7-9)21-14(23)8-22-17(24)11-4-3-5-12(19)15(11)18(22)25/h3-7H,8H2,1-2H3,(H,21,23). The molecule has 2 aromatic rings. The molecule has 25 heavy (non-hydrogen) atoms. The molecule has 0 aromatic heterocycles. The molecule has 1 N–H and O–H groups in total. The molecule has 0 radical (unpaired) electrons. The van der Waals surface area contributed by atoms with Gasteiger partial charge in [0.25, 0.3) is 11.8 Å². The van der Waals surface area contributed by atoms with E-state index >= 15 is 0 Å². The first-order chi connectivity index (χ1) is 11.8. The lowest BCUT2D eigenvalue weighted by atomic mass is 10.1. The van der Waals surface area contributed by atoms with Crippen LogP contribution in [-0.2, 0) is 4.79 Å². The van der Waals surface area contributed by atoms with Gasteiger partial charge in [-0.3, -0.25) is 19.3 Å². The quantitative estimate of drug-likeness (QED) is 0.827. The number of hydrogen-bond donors (Lipinski definition) is 1. The third kappa shape index (κ3) is 3.13. The van der Waals surface area contributed by atoms with Crippen LogP contribution in [-0.4, -0.2) is 29.2 Å². The van der Waals surface area contributed by atoms with Crippen molar-refractivity contribution in [1.29, 1.82) is 0 Å². The second-order valence-electron chi connectivity index (χ2n) is 5.85. The van der Waals surface area contributed by atoms with Crippen LogP contribution >= 0.6 is 23.2 Å². The van der Waals surface area contributed by atoms with Crippen LogP contribution in [0.3, 0.4) is 0 Å². The van der Waals surface area contributed by atoms with E-state index < -0.39 is 24.3 Å². The van der Waals surface area contributed by atoms with E-state index in [0.29, 0.717) is 10.7 Å². The van der Waals surface area contributed by atoms with E-state index in [1.54, 1.807) is 12.1 Å². The molecular formula is C18H14Cl2N2O3. The van der Waals surface area contributed by atoms with E-state index in [4.69, 9.17) is 23.2 Å². The fourth-order valence-electron chi connectivity index (χ4n) is 2.83. The lowest BCUT2D eigenvalue weighted by molar-refractivity contribution is -0.116. The molecule has 3 amide bonds. The largest absolute Gasteiger partial charge is 0.323 e. The normalized spacial score (nSPS) is 13.2. The van der Waals surface area contributed by atoms with Gasteiger partial charge in [-0.1, -0.05) is 35.3 Å². The zero-order chi connectivity index (χ0) is 18.3. The molecule has 1 aliphatic rings. The van der Waals surface area contributed by atoms with Crippen LogP contribution in [0.1, 0.15) is 31.8 Å². The number of carbonyl (C=O) groups excluding carboxylic acids is 3. The molecule has 0 saturated carbocycles. The van der Waals surface area contributed by atoms with Gasteiger partial charge < -0.3 is 5.32 Å². The summed E-state index contributed by atoms with van der Waals surface area (Å²) in [5, 5.41) is 3.26. The summed E-state index contributed by atoms with van der Waals surface area (Å²) in [7, 11) is 0. The highest BCUT2D eigenvalue weighted by Gasteiger charge is 2.38. The van der Waals surface area contributed by atoms with Gasteiger partial charge in [0.1, 0.15) is 6.54 Å². The van der Waals surface area contributed by atoms with E-state index in [0.717, 1.165) is 16.0 Å². The number of hydrogen-bond acceptors (Lipinski definition) is 3. The van der Waals surface area contributed by atoms with Gasteiger partial charge in [0, 0.05) is 0 Å². The number of fused-ring (bicyclic) bond motifs is 1. The topological polar surface area (TPSA) is 66.5 Å². The lowest BCUT2D eigenvalue weighted by Crippen LogP contribution is -2.37. The van der Waals surface area contributed by atoms with Crippen LogP contribution < -0.4 is 5.32 Å². The first-order valence-electron chi connectivity index (χ1n) is 7.51.